The van der Waals surface area contributed by atoms with Crippen LogP contribution >= 0.6 is 11.3 Å². The Morgan fingerprint density at radius 3 is 1.70 bits per heavy atom. The van der Waals surface area contributed by atoms with Crippen molar-refractivity contribution in [3.63, 3.8) is 0 Å². The van der Waals surface area contributed by atoms with E-state index in [-0.39, 0.29) is 0 Å². The number of nitrogens with zero attached hydrogens (tertiary/aromatic N) is 3. The van der Waals surface area contributed by atoms with E-state index in [9.17, 15) is 0 Å². The topological polar surface area (TPSA) is 29.0 Å². The zero-order valence-corrected chi connectivity index (χ0v) is 29.3. The fraction of sp³-hybridized carbons (Fsp3) is 0.0204. The fourth-order valence-corrected chi connectivity index (χ4v) is 10.5. The molecule has 0 saturated heterocycles. The van der Waals surface area contributed by atoms with Crippen LogP contribution in [0.15, 0.2) is 176 Å². The van der Waals surface area contributed by atoms with E-state index >= 15 is 0 Å². The zero-order valence-electron chi connectivity index (χ0n) is 28.5. The SMILES string of the molecule is c1ccc(-c2nc(N3c4ccccc4C4(c5ccccc5-c5ccccc54)c4ccccc43)nc3c2ccc2sc4cc5ccccc5cc4c23)cc1. The molecule has 1 aliphatic carbocycles. The van der Waals surface area contributed by atoms with Crippen LogP contribution in [0.5, 0.6) is 0 Å². The lowest BCUT2D eigenvalue weighted by Crippen LogP contribution is -2.36. The molecule has 4 heteroatoms. The highest BCUT2D eigenvalue weighted by atomic mass is 32.1. The number of rotatable bonds is 2. The van der Waals surface area contributed by atoms with E-state index in [0.717, 1.165) is 33.5 Å². The number of hydrogen-bond acceptors (Lipinski definition) is 4. The summed E-state index contributed by atoms with van der Waals surface area (Å²) in [5.41, 5.74) is 12.3. The second-order valence-electron chi connectivity index (χ2n) is 14.1. The summed E-state index contributed by atoms with van der Waals surface area (Å²) in [7, 11) is 0. The standard InChI is InChI=1S/C49H29N3S/c1-2-14-30(15-3-1)46-35-26-27-43-45(36-28-31-16-4-5-17-32(31)29-44(36)53-43)47(35)51-48(50-46)52-41-24-12-10-22-39(41)49(40-23-11-13-25-42(40)52)37-20-8-6-18-33(37)34-19-7-9-21-38(34)49/h1-29H. The Morgan fingerprint density at radius 1 is 0.453 bits per heavy atom. The van der Waals surface area contributed by atoms with E-state index < -0.39 is 5.41 Å². The monoisotopic (exact) mass is 691 g/mol. The molecular formula is C49H29N3S. The molecule has 0 atom stereocenters. The number of benzene rings is 8. The molecule has 246 valence electrons. The molecule has 8 aromatic carbocycles. The third-order valence-corrected chi connectivity index (χ3v) is 12.6. The van der Waals surface area contributed by atoms with Gasteiger partial charge >= 0.3 is 0 Å². The van der Waals surface area contributed by atoms with Crippen molar-refractivity contribution in [2.24, 2.45) is 0 Å². The third kappa shape index (κ3) is 3.83. The van der Waals surface area contributed by atoms with Crippen LogP contribution in [-0.4, -0.2) is 9.97 Å². The first-order chi connectivity index (χ1) is 26.3. The summed E-state index contributed by atoms with van der Waals surface area (Å²) < 4.78 is 2.49. The number of para-hydroxylation sites is 2. The van der Waals surface area contributed by atoms with Crippen molar-refractivity contribution in [1.82, 2.24) is 9.97 Å². The van der Waals surface area contributed by atoms with Gasteiger partial charge in [-0.1, -0.05) is 140 Å². The summed E-state index contributed by atoms with van der Waals surface area (Å²) in [4.78, 5) is 13.5. The van der Waals surface area contributed by atoms with Crippen molar-refractivity contribution in [2.45, 2.75) is 5.41 Å². The predicted molar refractivity (Wildman–Crippen MR) is 221 cm³/mol. The summed E-state index contributed by atoms with van der Waals surface area (Å²) in [6, 6.07) is 64.0. The smallest absolute Gasteiger partial charge is 0.235 e. The fourth-order valence-electron chi connectivity index (χ4n) is 9.32. The highest BCUT2D eigenvalue weighted by Crippen LogP contribution is 2.63. The molecule has 0 saturated carbocycles. The minimum absolute atomic E-state index is 0.492. The molecule has 1 aliphatic heterocycles. The maximum Gasteiger partial charge on any atom is 0.235 e. The van der Waals surface area contributed by atoms with Gasteiger partial charge in [-0.15, -0.1) is 11.3 Å². The largest absolute Gasteiger partial charge is 0.278 e. The molecule has 1 spiro atoms. The van der Waals surface area contributed by atoms with Crippen molar-refractivity contribution in [3.8, 4) is 22.4 Å². The van der Waals surface area contributed by atoms with Crippen LogP contribution in [0.2, 0.25) is 0 Å². The van der Waals surface area contributed by atoms with Crippen molar-refractivity contribution in [3.05, 3.63) is 198 Å². The number of thiophene rings is 1. The molecule has 0 radical (unpaired) electrons. The lowest BCUT2D eigenvalue weighted by molar-refractivity contribution is 0.750. The van der Waals surface area contributed by atoms with Crippen LogP contribution in [0.1, 0.15) is 22.3 Å². The molecule has 0 amide bonds. The Bertz CT molecular complexity index is 3050. The molecule has 12 rings (SSSR count). The summed E-state index contributed by atoms with van der Waals surface area (Å²) in [6.07, 6.45) is 0. The van der Waals surface area contributed by atoms with E-state index in [1.165, 1.54) is 64.3 Å². The van der Waals surface area contributed by atoms with E-state index in [0.29, 0.717) is 5.95 Å². The van der Waals surface area contributed by atoms with Crippen LogP contribution in [0.3, 0.4) is 0 Å². The number of fused-ring (bicyclic) bond motifs is 15. The summed E-state index contributed by atoms with van der Waals surface area (Å²) in [5, 5.41) is 5.95. The first-order valence-electron chi connectivity index (χ1n) is 18.1. The summed E-state index contributed by atoms with van der Waals surface area (Å²) in [5.74, 6) is 0.665. The van der Waals surface area contributed by atoms with Gasteiger partial charge in [0, 0.05) is 31.1 Å². The summed E-state index contributed by atoms with van der Waals surface area (Å²) in [6.45, 7) is 0. The number of hydrogen-bond donors (Lipinski definition) is 0. The van der Waals surface area contributed by atoms with Gasteiger partial charge in [-0.2, -0.15) is 0 Å². The van der Waals surface area contributed by atoms with Gasteiger partial charge in [-0.3, -0.25) is 4.90 Å². The highest BCUT2D eigenvalue weighted by molar-refractivity contribution is 7.26. The Kier molecular flexibility index (Phi) is 5.86. The second-order valence-corrected chi connectivity index (χ2v) is 15.2. The number of anilines is 3. The molecule has 0 N–H and O–H groups in total. The van der Waals surface area contributed by atoms with Gasteiger partial charge in [0.2, 0.25) is 5.95 Å². The molecule has 10 aromatic rings. The average Bonchev–Trinajstić information content (AvgIpc) is 3.74. The zero-order chi connectivity index (χ0) is 34.7. The van der Waals surface area contributed by atoms with Crippen LogP contribution in [-0.2, 0) is 5.41 Å². The quantitative estimate of drug-likeness (QED) is 0.181. The van der Waals surface area contributed by atoms with Gasteiger partial charge < -0.3 is 0 Å². The average molecular weight is 692 g/mol. The first-order valence-corrected chi connectivity index (χ1v) is 18.9. The minimum Gasteiger partial charge on any atom is -0.278 e. The van der Waals surface area contributed by atoms with Gasteiger partial charge in [0.15, 0.2) is 0 Å². The highest BCUT2D eigenvalue weighted by Gasteiger charge is 2.51. The molecule has 0 bridgehead atoms. The van der Waals surface area contributed by atoms with E-state index in [1.54, 1.807) is 0 Å². The molecule has 0 unspecified atom stereocenters. The molecular weight excluding hydrogens is 663 g/mol. The van der Waals surface area contributed by atoms with Crippen molar-refractivity contribution >= 4 is 70.5 Å². The first kappa shape index (κ1) is 29.0. The van der Waals surface area contributed by atoms with E-state index in [1.807, 2.05) is 11.3 Å². The molecule has 0 fully saturated rings. The minimum atomic E-state index is -0.492. The van der Waals surface area contributed by atoms with Crippen LogP contribution in [0.25, 0.3) is 64.2 Å². The maximum atomic E-state index is 5.64. The van der Waals surface area contributed by atoms with Gasteiger partial charge in [-0.25, -0.2) is 9.97 Å². The summed E-state index contributed by atoms with van der Waals surface area (Å²) >= 11 is 1.84. The second kappa shape index (κ2) is 10.7. The Morgan fingerprint density at radius 2 is 1.02 bits per heavy atom. The van der Waals surface area contributed by atoms with Crippen LogP contribution in [0.4, 0.5) is 17.3 Å². The molecule has 53 heavy (non-hydrogen) atoms. The third-order valence-electron chi connectivity index (χ3n) is 11.5. The Balaban J connectivity index is 1.20. The van der Waals surface area contributed by atoms with Crippen LogP contribution < -0.4 is 4.90 Å². The normalized spacial score (nSPS) is 13.8. The lowest BCUT2D eigenvalue weighted by atomic mass is 9.65. The van der Waals surface area contributed by atoms with Crippen molar-refractivity contribution in [1.29, 1.82) is 0 Å². The Labute approximate surface area is 310 Å². The maximum absolute atomic E-state index is 5.64. The molecule has 2 aromatic heterocycles. The molecule has 2 aliphatic rings. The predicted octanol–water partition coefficient (Wildman–Crippen LogP) is 13.0. The molecule has 3 heterocycles. The lowest BCUT2D eigenvalue weighted by Gasteiger charge is -2.44. The van der Waals surface area contributed by atoms with Crippen molar-refractivity contribution in [2.75, 3.05) is 4.90 Å². The van der Waals surface area contributed by atoms with Gasteiger partial charge in [0.25, 0.3) is 0 Å². The van der Waals surface area contributed by atoms with Crippen molar-refractivity contribution < 1.29 is 0 Å². The van der Waals surface area contributed by atoms with Gasteiger partial charge in [-0.05, 0) is 80.6 Å². The van der Waals surface area contributed by atoms with Crippen LogP contribution in [0, 0.1) is 0 Å². The van der Waals surface area contributed by atoms with Gasteiger partial charge in [0.1, 0.15) is 0 Å². The number of aromatic nitrogens is 2. The molecule has 3 nitrogen and oxygen atoms in total. The van der Waals surface area contributed by atoms with Gasteiger partial charge in [0.05, 0.1) is 28.0 Å². The van der Waals surface area contributed by atoms with E-state index in [2.05, 4.69) is 181 Å². The Hall–Kier alpha value is -6.62. The van der Waals surface area contributed by atoms with E-state index in [4.69, 9.17) is 9.97 Å².